The molecule has 2 rings (SSSR count). The molecule has 0 saturated heterocycles. The molecule has 0 unspecified atom stereocenters. The van der Waals surface area contributed by atoms with E-state index in [0.717, 1.165) is 0 Å². The van der Waals surface area contributed by atoms with E-state index in [2.05, 4.69) is 0 Å². The quantitative estimate of drug-likeness (QED) is 0.631. The number of fused-ring (bicyclic) bond motifs is 1. The van der Waals surface area contributed by atoms with Gasteiger partial charge in [-0.1, -0.05) is 0 Å². The van der Waals surface area contributed by atoms with E-state index in [-0.39, 0.29) is 18.1 Å². The van der Waals surface area contributed by atoms with Crippen LogP contribution < -0.4 is 4.74 Å². The van der Waals surface area contributed by atoms with Crippen LogP contribution in [-0.2, 0) is 16.5 Å². The molecule has 0 spiro atoms. The van der Waals surface area contributed by atoms with Crippen molar-refractivity contribution in [2.24, 2.45) is 0 Å². The molecule has 1 aromatic rings. The van der Waals surface area contributed by atoms with E-state index in [1.54, 1.807) is 6.92 Å². The first-order valence-electron chi connectivity index (χ1n) is 5.48. The Bertz CT molecular complexity index is 464. The predicted molar refractivity (Wildman–Crippen MR) is 58.2 cm³/mol. The monoisotopic (exact) mass is 280 g/mol. The summed E-state index contributed by atoms with van der Waals surface area (Å²) in [5, 5.41) is -3.78. The van der Waals surface area contributed by atoms with Crippen molar-refractivity contribution >= 4 is 17.6 Å². The topological polar surface area (TPSA) is 48.7 Å². The summed E-state index contributed by atoms with van der Waals surface area (Å²) in [5.41, 5.74) is -0.0124. The molecule has 7 heteroatoms. The second kappa shape index (κ2) is 4.76. The van der Waals surface area contributed by atoms with Crippen molar-refractivity contribution in [3.8, 4) is 5.95 Å². The van der Waals surface area contributed by atoms with Crippen molar-refractivity contribution in [3.05, 3.63) is 16.9 Å². The van der Waals surface area contributed by atoms with Crippen molar-refractivity contribution in [2.45, 2.75) is 25.1 Å². The fourth-order valence-electron chi connectivity index (χ4n) is 1.82. The Morgan fingerprint density at radius 2 is 2.28 bits per heavy atom. The van der Waals surface area contributed by atoms with E-state index in [9.17, 15) is 13.6 Å². The zero-order valence-corrected chi connectivity index (χ0v) is 10.4. The SMILES string of the molecule is CCOC(=O)c1c(C(F)(F)Cl)oc2c1CCCO2. The number of carbonyl (C=O) groups excluding carboxylic acids is 1. The summed E-state index contributed by atoms with van der Waals surface area (Å²) in [5.74, 6) is -1.85. The number of ether oxygens (including phenoxy) is 2. The fourth-order valence-corrected chi connectivity index (χ4v) is 1.95. The van der Waals surface area contributed by atoms with E-state index >= 15 is 0 Å². The molecule has 1 aliphatic rings. The third kappa shape index (κ3) is 2.29. The third-order valence-electron chi connectivity index (χ3n) is 2.51. The van der Waals surface area contributed by atoms with Crippen LogP contribution in [-0.4, -0.2) is 19.2 Å². The summed E-state index contributed by atoms with van der Waals surface area (Å²) >= 11 is 4.94. The van der Waals surface area contributed by atoms with Gasteiger partial charge in [0.05, 0.1) is 18.8 Å². The first-order chi connectivity index (χ1) is 8.45. The number of halogens is 3. The van der Waals surface area contributed by atoms with E-state index < -0.39 is 17.1 Å². The average molecular weight is 281 g/mol. The van der Waals surface area contributed by atoms with Crippen molar-refractivity contribution in [3.63, 3.8) is 0 Å². The Balaban J connectivity index is 2.52. The maximum absolute atomic E-state index is 13.2. The van der Waals surface area contributed by atoms with Crippen LogP contribution in [0, 0.1) is 0 Å². The standard InChI is InChI=1S/C11H11ClF2O4/c1-2-16-9(15)7-6-4-3-5-17-10(6)18-8(7)11(12,13)14/h2-5H2,1H3. The summed E-state index contributed by atoms with van der Waals surface area (Å²) in [4.78, 5) is 11.7. The van der Waals surface area contributed by atoms with Gasteiger partial charge in [-0.25, -0.2) is 4.79 Å². The van der Waals surface area contributed by atoms with Gasteiger partial charge in [0.15, 0.2) is 0 Å². The van der Waals surface area contributed by atoms with Crippen LogP contribution in [0.4, 0.5) is 8.78 Å². The lowest BCUT2D eigenvalue weighted by Gasteiger charge is -2.11. The first kappa shape index (κ1) is 13.1. The fraction of sp³-hybridized carbons (Fsp3) is 0.545. The molecule has 18 heavy (non-hydrogen) atoms. The number of hydrogen-bond donors (Lipinski definition) is 0. The van der Waals surface area contributed by atoms with Gasteiger partial charge in [-0.15, -0.1) is 0 Å². The molecule has 0 radical (unpaired) electrons. The normalized spacial score (nSPS) is 14.9. The van der Waals surface area contributed by atoms with Crippen LogP contribution in [0.1, 0.15) is 35.0 Å². The van der Waals surface area contributed by atoms with Gasteiger partial charge in [0.25, 0.3) is 5.95 Å². The Labute approximate surface area is 107 Å². The number of furan rings is 1. The highest BCUT2D eigenvalue weighted by molar-refractivity contribution is 6.22. The lowest BCUT2D eigenvalue weighted by molar-refractivity contribution is 0.0451. The lowest BCUT2D eigenvalue weighted by atomic mass is 10.0. The van der Waals surface area contributed by atoms with Crippen molar-refractivity contribution in [1.82, 2.24) is 0 Å². The van der Waals surface area contributed by atoms with Gasteiger partial charge in [0.1, 0.15) is 5.56 Å². The lowest BCUT2D eigenvalue weighted by Crippen LogP contribution is -2.15. The van der Waals surface area contributed by atoms with Gasteiger partial charge in [-0.05, 0) is 31.4 Å². The van der Waals surface area contributed by atoms with Gasteiger partial charge in [-0.3, -0.25) is 0 Å². The minimum atomic E-state index is -3.78. The summed E-state index contributed by atoms with van der Waals surface area (Å²) in [6.45, 7) is 2.02. The van der Waals surface area contributed by atoms with Gasteiger partial charge >= 0.3 is 11.4 Å². The maximum Gasteiger partial charge on any atom is 0.380 e. The Morgan fingerprint density at radius 1 is 1.56 bits per heavy atom. The van der Waals surface area contributed by atoms with Gasteiger partial charge in [-0.2, -0.15) is 8.78 Å². The second-order valence-corrected chi connectivity index (χ2v) is 4.22. The summed E-state index contributed by atoms with van der Waals surface area (Å²) in [6, 6.07) is 0. The molecule has 1 aromatic heterocycles. The van der Waals surface area contributed by atoms with Crippen LogP contribution in [0.3, 0.4) is 0 Å². The molecule has 0 bridgehead atoms. The highest BCUT2D eigenvalue weighted by Crippen LogP contribution is 2.43. The zero-order chi connectivity index (χ0) is 13.3. The summed E-state index contributed by atoms with van der Waals surface area (Å²) in [7, 11) is 0. The van der Waals surface area contributed by atoms with E-state index in [1.165, 1.54) is 0 Å². The number of alkyl halides is 3. The van der Waals surface area contributed by atoms with Crippen LogP contribution >= 0.6 is 11.6 Å². The Hall–Kier alpha value is -1.30. The molecule has 1 aliphatic heterocycles. The van der Waals surface area contributed by atoms with Crippen molar-refractivity contribution in [1.29, 1.82) is 0 Å². The predicted octanol–water partition coefficient (Wildman–Crippen LogP) is 3.07. The molecule has 100 valence electrons. The summed E-state index contributed by atoms with van der Waals surface area (Å²) in [6.07, 6.45) is 1.03. The van der Waals surface area contributed by atoms with Crippen molar-refractivity contribution in [2.75, 3.05) is 13.2 Å². The maximum atomic E-state index is 13.2. The molecule has 2 heterocycles. The van der Waals surface area contributed by atoms with Crippen LogP contribution in [0.2, 0.25) is 0 Å². The summed E-state index contributed by atoms with van der Waals surface area (Å²) < 4.78 is 41.1. The van der Waals surface area contributed by atoms with Crippen LogP contribution in [0.15, 0.2) is 4.42 Å². The van der Waals surface area contributed by atoms with Crippen molar-refractivity contribution < 1.29 is 27.5 Å². The van der Waals surface area contributed by atoms with E-state index in [4.69, 9.17) is 25.5 Å². The van der Waals surface area contributed by atoms with Crippen LogP contribution in [0.5, 0.6) is 5.95 Å². The molecule has 0 fully saturated rings. The van der Waals surface area contributed by atoms with Gasteiger partial charge in [0.2, 0.25) is 5.76 Å². The minimum absolute atomic E-state index is 0.0698. The van der Waals surface area contributed by atoms with Gasteiger partial charge in [0, 0.05) is 0 Å². The average Bonchev–Trinajstić information content (AvgIpc) is 2.68. The highest BCUT2D eigenvalue weighted by atomic mass is 35.5. The molecule has 0 saturated carbocycles. The smallest absolute Gasteiger partial charge is 0.380 e. The number of esters is 1. The van der Waals surface area contributed by atoms with E-state index in [1.807, 2.05) is 0 Å². The van der Waals surface area contributed by atoms with Gasteiger partial charge < -0.3 is 13.9 Å². The molecular weight excluding hydrogens is 270 g/mol. The number of hydrogen-bond acceptors (Lipinski definition) is 4. The molecular formula is C11H11ClF2O4. The van der Waals surface area contributed by atoms with E-state index in [0.29, 0.717) is 25.0 Å². The molecule has 4 nitrogen and oxygen atoms in total. The third-order valence-corrected chi connectivity index (χ3v) is 2.68. The first-order valence-corrected chi connectivity index (χ1v) is 5.85. The largest absolute Gasteiger partial charge is 0.465 e. The number of rotatable bonds is 3. The Kier molecular flexibility index (Phi) is 3.47. The molecule has 0 N–H and O–H groups in total. The Morgan fingerprint density at radius 3 is 2.89 bits per heavy atom. The van der Waals surface area contributed by atoms with Crippen LogP contribution in [0.25, 0.3) is 0 Å². The molecule has 0 aromatic carbocycles. The molecule has 0 atom stereocenters. The molecule has 0 amide bonds. The molecule has 0 aliphatic carbocycles. The second-order valence-electron chi connectivity index (χ2n) is 3.74. The highest BCUT2D eigenvalue weighted by Gasteiger charge is 2.42. The number of carbonyl (C=O) groups is 1. The minimum Gasteiger partial charge on any atom is -0.465 e. The zero-order valence-electron chi connectivity index (χ0n) is 9.60.